The zero-order chi connectivity index (χ0) is 66.4. The Hall–Kier alpha value is -7.64. The monoisotopic (exact) mass is 1270 g/mol. The molecule has 3 aromatic carbocycles. The molecule has 0 fully saturated rings. The molecule has 23 nitrogen and oxygen atoms in total. The molecule has 4 heterocycles. The summed E-state index contributed by atoms with van der Waals surface area (Å²) in [6.07, 6.45) is 2.65. The van der Waals surface area contributed by atoms with E-state index in [-0.39, 0.29) is 109 Å². The summed E-state index contributed by atoms with van der Waals surface area (Å²) in [4.78, 5) is 88.8. The number of benzene rings is 3. The van der Waals surface area contributed by atoms with Crippen LogP contribution in [0, 0.1) is 0 Å². The first-order valence-corrected chi connectivity index (χ1v) is 33.2. The molecule has 0 aliphatic carbocycles. The lowest BCUT2D eigenvalue weighted by atomic mass is 10.1. The Morgan fingerprint density at radius 1 is 0.600 bits per heavy atom. The number of amides is 6. The van der Waals surface area contributed by atoms with Gasteiger partial charge in [-0.15, -0.1) is 0 Å². The van der Waals surface area contributed by atoms with Crippen molar-refractivity contribution in [3.8, 4) is 23.0 Å². The molecule has 0 saturated heterocycles. The Morgan fingerprint density at radius 2 is 1.06 bits per heavy atom. The number of anilines is 2. The van der Waals surface area contributed by atoms with E-state index in [0.29, 0.717) is 29.5 Å². The molecule has 4 aliphatic rings. The highest BCUT2D eigenvalue weighted by Gasteiger charge is 2.51. The van der Waals surface area contributed by atoms with Gasteiger partial charge < -0.3 is 72.6 Å². The van der Waals surface area contributed by atoms with Crippen LogP contribution in [0.4, 0.5) is 25.8 Å². The van der Waals surface area contributed by atoms with Crippen LogP contribution in [0.5, 0.6) is 23.0 Å². The zero-order valence-electron chi connectivity index (χ0n) is 55.5. The number of alkyl carbamates (subject to hydrolysis) is 1. The highest BCUT2D eigenvalue weighted by Crippen LogP contribution is 2.47. The van der Waals surface area contributed by atoms with Crippen molar-refractivity contribution in [1.29, 1.82) is 0 Å². The van der Waals surface area contributed by atoms with Crippen molar-refractivity contribution in [1.82, 2.24) is 20.4 Å². The van der Waals surface area contributed by atoms with Gasteiger partial charge in [-0.2, -0.15) is 0 Å². The zero-order valence-corrected chi connectivity index (χ0v) is 56.5. The average molecular weight is 1270 g/mol. The van der Waals surface area contributed by atoms with E-state index >= 15 is 0 Å². The molecule has 0 radical (unpaired) electrons. The number of aliphatic hydroxyl groups excluding tert-OH is 1. The average Bonchev–Trinajstić information content (AvgIpc) is 1.66. The molecule has 0 bridgehead atoms. The fourth-order valence-corrected chi connectivity index (χ4v) is 11.4. The van der Waals surface area contributed by atoms with Gasteiger partial charge in [0.25, 0.3) is 11.8 Å². The highest BCUT2D eigenvalue weighted by molar-refractivity contribution is 6.74. The quantitative estimate of drug-likeness (QED) is 0.0388. The topological polar surface area (TPSA) is 252 Å². The molecule has 6 amide bonds. The molecule has 492 valence electrons. The van der Waals surface area contributed by atoms with E-state index in [9.17, 15) is 33.9 Å². The maximum absolute atomic E-state index is 14.9. The number of methoxy groups -OCH3 is 2. The second kappa shape index (κ2) is 28.3. The van der Waals surface area contributed by atoms with Gasteiger partial charge in [-0.1, -0.05) is 31.9 Å². The summed E-state index contributed by atoms with van der Waals surface area (Å²) in [5.41, 5.74) is 1.52. The van der Waals surface area contributed by atoms with E-state index in [1.54, 1.807) is 104 Å². The third kappa shape index (κ3) is 17.6. The molecule has 3 aromatic rings. The predicted octanol–water partition coefficient (Wildman–Crippen LogP) is 11.0. The number of carbonyl (C=O) groups is 6. The van der Waals surface area contributed by atoms with Crippen LogP contribution in [0.3, 0.4) is 0 Å². The van der Waals surface area contributed by atoms with Crippen molar-refractivity contribution >= 4 is 61.8 Å². The van der Waals surface area contributed by atoms with E-state index in [2.05, 4.69) is 44.5 Å². The van der Waals surface area contributed by atoms with Gasteiger partial charge in [0.15, 0.2) is 43.8 Å². The number of aliphatic hydroxyl groups is 1. The van der Waals surface area contributed by atoms with Gasteiger partial charge in [0.2, 0.25) is 5.91 Å². The summed E-state index contributed by atoms with van der Waals surface area (Å²) in [6.45, 7) is 31.3. The van der Waals surface area contributed by atoms with Crippen molar-refractivity contribution in [3.05, 3.63) is 99.9 Å². The minimum atomic E-state index is -2.68. The third-order valence-electron chi connectivity index (χ3n) is 15.2. The summed E-state index contributed by atoms with van der Waals surface area (Å²) in [7, 11) is 0.198. The van der Waals surface area contributed by atoms with Crippen molar-refractivity contribution in [2.45, 2.75) is 182 Å². The summed E-state index contributed by atoms with van der Waals surface area (Å²) in [5, 5.41) is 17.1. The maximum Gasteiger partial charge on any atom is 0.417 e. The van der Waals surface area contributed by atoms with Crippen LogP contribution in [-0.4, -0.2) is 154 Å². The lowest BCUT2D eigenvalue weighted by molar-refractivity contribution is -0.116. The first kappa shape index (κ1) is 69.8. The molecule has 4 aliphatic heterocycles. The molecule has 7 rings (SSSR count). The first-order chi connectivity index (χ1) is 42.0. The Balaban J connectivity index is 1.20. The third-order valence-corrected chi connectivity index (χ3v) is 19.7. The Bertz CT molecular complexity index is 3260. The SMILES string of the molecule is COc1cc2c(cc1OCc1cc(/C=C/C(=O)NCCOCCOCCNC(=O)OC(C)(C)C)cc(COc3cc4c(cc3OC)C(=O)N3C=C(C)C[C@H]3[C@H](O[Si](C)(C)C(C)(C)C)N4C(=O)OC(C)(C)C)c1)N(C(=O)OC(C)(C)C)[C@@H](O)[C@@H]1CC(C)=CN1C2=O. The number of fused-ring (bicyclic) bond motifs is 4. The van der Waals surface area contributed by atoms with Gasteiger partial charge in [-0.05, 0) is 160 Å². The van der Waals surface area contributed by atoms with E-state index in [4.69, 9.17) is 47.1 Å². The summed E-state index contributed by atoms with van der Waals surface area (Å²) < 4.78 is 60.5. The fourth-order valence-electron chi connectivity index (χ4n) is 10.2. The van der Waals surface area contributed by atoms with E-state index in [0.717, 1.165) is 16.0 Å². The number of nitrogens with zero attached hydrogens (tertiary/aromatic N) is 4. The molecule has 24 heteroatoms. The second-order valence-corrected chi connectivity index (χ2v) is 32.0. The van der Waals surface area contributed by atoms with Crippen LogP contribution in [0.15, 0.2) is 72.1 Å². The van der Waals surface area contributed by atoms with Gasteiger partial charge in [-0.3, -0.25) is 14.4 Å². The normalized spacial score (nSPS) is 18.6. The van der Waals surface area contributed by atoms with Crippen LogP contribution >= 0.6 is 0 Å². The lowest BCUT2D eigenvalue weighted by Crippen LogP contribution is -2.58. The number of carbonyl (C=O) groups excluding carboxylic acids is 6. The van der Waals surface area contributed by atoms with Crippen LogP contribution in [-0.2, 0) is 46.1 Å². The Labute approximate surface area is 530 Å². The summed E-state index contributed by atoms with van der Waals surface area (Å²) in [5.74, 6) is -0.546. The van der Waals surface area contributed by atoms with E-state index in [1.807, 2.05) is 26.0 Å². The smallest absolute Gasteiger partial charge is 0.417 e. The first-order valence-electron chi connectivity index (χ1n) is 30.3. The Morgan fingerprint density at radius 3 is 1.53 bits per heavy atom. The predicted molar refractivity (Wildman–Crippen MR) is 341 cm³/mol. The minimum Gasteiger partial charge on any atom is -0.493 e. The number of nitrogens with one attached hydrogen (secondary N) is 2. The molecule has 4 atom stereocenters. The van der Waals surface area contributed by atoms with Crippen molar-refractivity contribution in [2.24, 2.45) is 0 Å². The van der Waals surface area contributed by atoms with Gasteiger partial charge in [0.1, 0.15) is 30.0 Å². The van der Waals surface area contributed by atoms with E-state index < -0.39 is 79.8 Å². The summed E-state index contributed by atoms with van der Waals surface area (Å²) in [6, 6.07) is 10.2. The second-order valence-electron chi connectivity index (χ2n) is 27.3. The molecule has 0 unspecified atom stereocenters. The van der Waals surface area contributed by atoms with Gasteiger partial charge in [0.05, 0.1) is 75.2 Å². The van der Waals surface area contributed by atoms with Crippen molar-refractivity contribution < 1.29 is 80.9 Å². The van der Waals surface area contributed by atoms with Gasteiger partial charge in [0, 0.05) is 43.7 Å². The molecular weight excluding hydrogens is 1180 g/mol. The number of hydrogen-bond acceptors (Lipinski definition) is 17. The van der Waals surface area contributed by atoms with Crippen LogP contribution in [0.25, 0.3) is 6.08 Å². The number of ether oxygens (including phenoxy) is 9. The van der Waals surface area contributed by atoms with Gasteiger partial charge >= 0.3 is 18.3 Å². The highest BCUT2D eigenvalue weighted by atomic mass is 28.4. The molecule has 90 heavy (non-hydrogen) atoms. The maximum atomic E-state index is 14.9. The molecular formula is C66H92N6O17Si. The van der Waals surface area contributed by atoms with Crippen LogP contribution in [0.2, 0.25) is 18.1 Å². The van der Waals surface area contributed by atoms with Crippen molar-refractivity contribution in [3.63, 3.8) is 0 Å². The summed E-state index contributed by atoms with van der Waals surface area (Å²) >= 11 is 0. The minimum absolute atomic E-state index is 0.0460. The molecule has 0 saturated carbocycles. The van der Waals surface area contributed by atoms with E-state index in [1.165, 1.54) is 42.2 Å². The fraction of sp³-hybridized carbons (Fsp3) is 0.545. The lowest BCUT2D eigenvalue weighted by Gasteiger charge is -2.44. The largest absolute Gasteiger partial charge is 0.493 e. The van der Waals surface area contributed by atoms with Crippen molar-refractivity contribution in [2.75, 3.05) is 63.5 Å². The molecule has 3 N–H and O–H groups in total. The van der Waals surface area contributed by atoms with Gasteiger partial charge in [-0.25, -0.2) is 24.2 Å². The molecule has 0 aromatic heterocycles. The van der Waals surface area contributed by atoms with Crippen LogP contribution < -0.4 is 39.4 Å². The Kier molecular flexibility index (Phi) is 21.9. The standard InChI is InChI=1S/C66H92N6O17Si/c1-40-27-49-58(76)71(61(78)87-64(6,7)8)47-34-53(51(80-15)32-45(47)56(74)69(49)36-40)84-38-43-29-42(19-20-55(73)67-21-23-82-25-26-83-24-22-68-60(77)86-63(3,4)5)30-44(31-43)39-85-54-35-48-46(33-52(54)81-16)57(75)70-37-41(2)28-50(70)59(89-90(17,18)66(12,13)14)72(48)62(79)88-65(9,10)11/h19-20,29-37,49-50,58-59,76H,21-28,38-39H2,1-18H3,(H,67,73)(H,68,77)/b20-19+/t49-,50-,58-,59-/m0/s1. The molecule has 0 spiro atoms. The number of hydrogen-bond donors (Lipinski definition) is 3. The van der Waals surface area contributed by atoms with Crippen LogP contribution in [0.1, 0.15) is 147 Å². The number of rotatable bonds is 21.